The maximum atomic E-state index is 5.90. The zero-order valence-electron chi connectivity index (χ0n) is 17.3. The van der Waals surface area contributed by atoms with Crippen LogP contribution >= 0.6 is 0 Å². The van der Waals surface area contributed by atoms with Crippen LogP contribution in [0.4, 0.5) is 5.82 Å². The molecule has 0 aliphatic carbocycles. The van der Waals surface area contributed by atoms with Crippen molar-refractivity contribution in [2.75, 3.05) is 5.32 Å². The van der Waals surface area contributed by atoms with Gasteiger partial charge in [-0.2, -0.15) is 0 Å². The number of rotatable bonds is 5. The lowest BCUT2D eigenvalue weighted by Gasteiger charge is -2.10. The summed E-state index contributed by atoms with van der Waals surface area (Å²) in [7, 11) is 0. The lowest BCUT2D eigenvalue weighted by molar-refractivity contribution is 0.579. The Morgan fingerprint density at radius 2 is 1.42 bits per heavy atom. The molecule has 1 N–H and O–H groups in total. The Balaban J connectivity index is 1.49. The summed E-state index contributed by atoms with van der Waals surface area (Å²) in [6.45, 7) is 4.77. The van der Waals surface area contributed by atoms with Crippen molar-refractivity contribution in [2.45, 2.75) is 20.4 Å². The van der Waals surface area contributed by atoms with Crippen LogP contribution < -0.4 is 5.32 Å². The molecule has 5 rings (SSSR count). The van der Waals surface area contributed by atoms with Gasteiger partial charge in [0.2, 0.25) is 11.7 Å². The Bertz CT molecular complexity index is 1340. The van der Waals surface area contributed by atoms with Crippen molar-refractivity contribution in [1.29, 1.82) is 0 Å². The van der Waals surface area contributed by atoms with Crippen LogP contribution in [0, 0.1) is 13.8 Å². The molecular formula is C25H21N5O. The van der Waals surface area contributed by atoms with Gasteiger partial charge in [-0.1, -0.05) is 59.7 Å². The molecule has 2 heterocycles. The van der Waals surface area contributed by atoms with E-state index in [1.807, 2.05) is 55.5 Å². The Hall–Kier alpha value is -4.06. The van der Waals surface area contributed by atoms with Crippen molar-refractivity contribution < 1.29 is 4.42 Å². The van der Waals surface area contributed by atoms with E-state index in [4.69, 9.17) is 9.40 Å². The zero-order chi connectivity index (χ0) is 21.2. The van der Waals surface area contributed by atoms with Crippen LogP contribution in [0.15, 0.2) is 77.2 Å². The molecule has 0 aliphatic heterocycles. The van der Waals surface area contributed by atoms with E-state index in [1.54, 1.807) is 0 Å². The van der Waals surface area contributed by atoms with Crippen LogP contribution in [0.3, 0.4) is 0 Å². The molecule has 0 unspecified atom stereocenters. The molecule has 31 heavy (non-hydrogen) atoms. The molecule has 0 amide bonds. The minimum absolute atomic E-state index is 0.291. The van der Waals surface area contributed by atoms with E-state index in [0.717, 1.165) is 22.3 Å². The molecule has 0 bridgehead atoms. The molecule has 0 saturated heterocycles. The topological polar surface area (TPSA) is 76.7 Å². The van der Waals surface area contributed by atoms with Crippen molar-refractivity contribution in [3.05, 3.63) is 89.5 Å². The largest absolute Gasteiger partial charge is 0.413 e. The van der Waals surface area contributed by atoms with Crippen molar-refractivity contribution in [1.82, 2.24) is 20.2 Å². The lowest BCUT2D eigenvalue weighted by atomic mass is 10.1. The number of para-hydroxylation sites is 1. The van der Waals surface area contributed by atoms with Crippen LogP contribution in [-0.4, -0.2) is 20.2 Å². The van der Waals surface area contributed by atoms with Gasteiger partial charge in [-0.25, -0.2) is 9.97 Å². The standard InChI is InChI=1S/C25H21N5O/c1-16-7-11-18(12-8-16)15-26-22-20-5-3-4-6-21(20)27-23(28-22)25-30-29-24(31-25)19-13-9-17(2)10-14-19/h3-14H,15H2,1-2H3,(H,26,27,28). The second-order valence-corrected chi connectivity index (χ2v) is 7.53. The van der Waals surface area contributed by atoms with Gasteiger partial charge >= 0.3 is 0 Å². The first-order chi connectivity index (χ1) is 15.2. The van der Waals surface area contributed by atoms with Crippen LogP contribution in [-0.2, 0) is 6.54 Å². The van der Waals surface area contributed by atoms with Gasteiger partial charge in [-0.05, 0) is 43.7 Å². The van der Waals surface area contributed by atoms with Crippen molar-refractivity contribution in [2.24, 2.45) is 0 Å². The van der Waals surface area contributed by atoms with Gasteiger partial charge in [-0.3, -0.25) is 0 Å². The molecule has 0 radical (unpaired) electrons. The highest BCUT2D eigenvalue weighted by molar-refractivity contribution is 5.90. The Morgan fingerprint density at radius 1 is 0.742 bits per heavy atom. The Kier molecular flexibility index (Phi) is 4.88. The summed E-state index contributed by atoms with van der Waals surface area (Å²) in [4.78, 5) is 9.35. The molecule has 152 valence electrons. The number of hydrogen-bond donors (Lipinski definition) is 1. The highest BCUT2D eigenvalue weighted by Crippen LogP contribution is 2.27. The number of benzene rings is 3. The van der Waals surface area contributed by atoms with Crippen molar-refractivity contribution >= 4 is 16.7 Å². The van der Waals surface area contributed by atoms with Gasteiger partial charge in [0.15, 0.2) is 0 Å². The summed E-state index contributed by atoms with van der Waals surface area (Å²) in [5.41, 5.74) is 5.26. The number of anilines is 1. The van der Waals surface area contributed by atoms with Crippen LogP contribution in [0.25, 0.3) is 34.1 Å². The van der Waals surface area contributed by atoms with Crippen molar-refractivity contribution in [3.8, 4) is 23.2 Å². The molecule has 2 aromatic heterocycles. The summed E-state index contributed by atoms with van der Waals surface area (Å²) in [5.74, 6) is 1.87. The van der Waals surface area contributed by atoms with E-state index in [9.17, 15) is 0 Å². The number of aromatic nitrogens is 4. The number of fused-ring (bicyclic) bond motifs is 1. The molecule has 0 spiro atoms. The number of hydrogen-bond acceptors (Lipinski definition) is 6. The van der Waals surface area contributed by atoms with E-state index in [0.29, 0.717) is 24.2 Å². The first-order valence-electron chi connectivity index (χ1n) is 10.1. The molecule has 0 saturated carbocycles. The summed E-state index contributed by atoms with van der Waals surface area (Å²) in [6, 6.07) is 24.3. The van der Waals surface area contributed by atoms with E-state index < -0.39 is 0 Å². The Labute approximate surface area is 180 Å². The molecule has 3 aromatic carbocycles. The summed E-state index contributed by atoms with van der Waals surface area (Å²) < 4.78 is 5.90. The van der Waals surface area contributed by atoms with Gasteiger partial charge < -0.3 is 9.73 Å². The maximum absolute atomic E-state index is 5.90. The normalized spacial score (nSPS) is 11.0. The SMILES string of the molecule is Cc1ccc(CNc2nc(-c3nnc(-c4ccc(C)cc4)o3)nc3ccccc23)cc1. The van der Waals surface area contributed by atoms with Gasteiger partial charge in [0.25, 0.3) is 5.89 Å². The quantitative estimate of drug-likeness (QED) is 0.410. The van der Waals surface area contributed by atoms with Crippen LogP contribution in [0.5, 0.6) is 0 Å². The fourth-order valence-corrected chi connectivity index (χ4v) is 3.33. The smallest absolute Gasteiger partial charge is 0.286 e. The van der Waals surface area contributed by atoms with E-state index >= 15 is 0 Å². The fourth-order valence-electron chi connectivity index (χ4n) is 3.33. The predicted molar refractivity (Wildman–Crippen MR) is 122 cm³/mol. The second-order valence-electron chi connectivity index (χ2n) is 7.53. The first kappa shape index (κ1) is 18.9. The molecule has 6 heteroatoms. The van der Waals surface area contributed by atoms with Gasteiger partial charge in [0.1, 0.15) is 5.82 Å². The average Bonchev–Trinajstić information content (AvgIpc) is 3.29. The first-order valence-corrected chi connectivity index (χ1v) is 10.1. The summed E-state index contributed by atoms with van der Waals surface area (Å²) in [5, 5.41) is 12.8. The maximum Gasteiger partial charge on any atom is 0.286 e. The van der Waals surface area contributed by atoms with E-state index in [2.05, 4.69) is 51.7 Å². The summed E-state index contributed by atoms with van der Waals surface area (Å²) >= 11 is 0. The average molecular weight is 407 g/mol. The molecular weight excluding hydrogens is 386 g/mol. The lowest BCUT2D eigenvalue weighted by Crippen LogP contribution is -2.04. The van der Waals surface area contributed by atoms with E-state index in [-0.39, 0.29) is 0 Å². The van der Waals surface area contributed by atoms with Gasteiger partial charge in [-0.15, -0.1) is 10.2 Å². The highest BCUT2D eigenvalue weighted by Gasteiger charge is 2.16. The second kappa shape index (κ2) is 7.99. The monoisotopic (exact) mass is 407 g/mol. The molecule has 0 atom stereocenters. The fraction of sp³-hybridized carbons (Fsp3) is 0.120. The van der Waals surface area contributed by atoms with Gasteiger partial charge in [0, 0.05) is 17.5 Å². The predicted octanol–water partition coefficient (Wildman–Crippen LogP) is 5.58. The van der Waals surface area contributed by atoms with Crippen molar-refractivity contribution in [3.63, 3.8) is 0 Å². The third kappa shape index (κ3) is 4.00. The Morgan fingerprint density at radius 3 is 2.19 bits per heavy atom. The van der Waals surface area contributed by atoms with Crippen LogP contribution in [0.1, 0.15) is 16.7 Å². The summed E-state index contributed by atoms with van der Waals surface area (Å²) in [6.07, 6.45) is 0. The number of nitrogens with one attached hydrogen (secondary N) is 1. The minimum atomic E-state index is 0.291. The molecule has 0 fully saturated rings. The molecule has 0 aliphatic rings. The molecule has 6 nitrogen and oxygen atoms in total. The number of aryl methyl sites for hydroxylation is 2. The van der Waals surface area contributed by atoms with Gasteiger partial charge in [0.05, 0.1) is 5.52 Å². The number of nitrogens with zero attached hydrogens (tertiary/aromatic N) is 4. The minimum Gasteiger partial charge on any atom is -0.413 e. The van der Waals surface area contributed by atoms with E-state index in [1.165, 1.54) is 16.7 Å². The highest BCUT2D eigenvalue weighted by atomic mass is 16.4. The third-order valence-corrected chi connectivity index (χ3v) is 5.10. The molecule has 5 aromatic rings. The third-order valence-electron chi connectivity index (χ3n) is 5.10. The van der Waals surface area contributed by atoms with Crippen LogP contribution in [0.2, 0.25) is 0 Å². The zero-order valence-corrected chi connectivity index (χ0v) is 17.3.